The summed E-state index contributed by atoms with van der Waals surface area (Å²) in [6.45, 7) is 2.16. The highest BCUT2D eigenvalue weighted by Crippen LogP contribution is 2.07. The van der Waals surface area contributed by atoms with Crippen LogP contribution in [0, 0.1) is 6.92 Å². The molecular formula is C18H14N4O2. The van der Waals surface area contributed by atoms with Crippen molar-refractivity contribution in [1.82, 2.24) is 18.9 Å². The molecule has 24 heavy (non-hydrogen) atoms. The Morgan fingerprint density at radius 2 is 2.00 bits per heavy atom. The minimum absolute atomic E-state index is 0.147. The van der Waals surface area contributed by atoms with Gasteiger partial charge in [-0.1, -0.05) is 6.07 Å². The lowest BCUT2D eigenvalue weighted by Crippen LogP contribution is -2.23. The first kappa shape index (κ1) is 14.3. The van der Waals surface area contributed by atoms with Crippen LogP contribution in [-0.2, 0) is 6.54 Å². The number of nitrogens with zero attached hydrogens (tertiary/aromatic N) is 4. The minimum Gasteiger partial charge on any atom is -0.309 e. The van der Waals surface area contributed by atoms with E-state index in [4.69, 9.17) is 0 Å². The number of hydrogen-bond donors (Lipinski definition) is 0. The van der Waals surface area contributed by atoms with Crippen molar-refractivity contribution in [2.75, 3.05) is 0 Å². The Balaban J connectivity index is 1.82. The maximum Gasteiger partial charge on any atom is 0.260 e. The first-order chi connectivity index (χ1) is 11.6. The molecule has 6 heteroatoms. The summed E-state index contributed by atoms with van der Waals surface area (Å²) in [5, 5.41) is 0.549. The molecule has 4 heterocycles. The third-order valence-corrected chi connectivity index (χ3v) is 3.94. The molecule has 4 aromatic rings. The van der Waals surface area contributed by atoms with Gasteiger partial charge in [0.1, 0.15) is 5.65 Å². The van der Waals surface area contributed by atoms with Crippen molar-refractivity contribution in [2.24, 2.45) is 0 Å². The highest BCUT2D eigenvalue weighted by Gasteiger charge is 2.07. The van der Waals surface area contributed by atoms with Crippen molar-refractivity contribution >= 4 is 16.6 Å². The zero-order valence-corrected chi connectivity index (χ0v) is 13.0. The average molecular weight is 318 g/mol. The Bertz CT molecular complexity index is 1190. The summed E-state index contributed by atoms with van der Waals surface area (Å²) in [6, 6.07) is 10.4. The van der Waals surface area contributed by atoms with E-state index in [-0.39, 0.29) is 17.7 Å². The smallest absolute Gasteiger partial charge is 0.260 e. The SMILES string of the molecule is Cc1ccc2nc(Cn3ccc4ncccc4c3=O)cc(=O)n2c1. The average Bonchev–Trinajstić information content (AvgIpc) is 2.58. The third-order valence-electron chi connectivity index (χ3n) is 3.94. The number of hydrogen-bond acceptors (Lipinski definition) is 4. The van der Waals surface area contributed by atoms with Crippen molar-refractivity contribution < 1.29 is 0 Å². The molecule has 0 unspecified atom stereocenters. The van der Waals surface area contributed by atoms with Crippen LogP contribution in [-0.4, -0.2) is 18.9 Å². The summed E-state index contributed by atoms with van der Waals surface area (Å²) in [4.78, 5) is 33.5. The van der Waals surface area contributed by atoms with E-state index in [1.807, 2.05) is 13.0 Å². The van der Waals surface area contributed by atoms with Crippen molar-refractivity contribution in [2.45, 2.75) is 13.5 Å². The van der Waals surface area contributed by atoms with Gasteiger partial charge < -0.3 is 4.57 Å². The van der Waals surface area contributed by atoms with E-state index >= 15 is 0 Å². The second-order valence-electron chi connectivity index (χ2n) is 5.71. The summed E-state index contributed by atoms with van der Waals surface area (Å²) >= 11 is 0. The maximum atomic E-state index is 12.5. The van der Waals surface area contributed by atoms with Gasteiger partial charge in [-0.2, -0.15) is 0 Å². The molecule has 0 aromatic carbocycles. The molecule has 0 atom stereocenters. The fourth-order valence-electron chi connectivity index (χ4n) is 2.75. The lowest BCUT2D eigenvalue weighted by molar-refractivity contribution is 0.742. The molecule has 0 N–H and O–H groups in total. The highest BCUT2D eigenvalue weighted by atomic mass is 16.1. The first-order valence-electron chi connectivity index (χ1n) is 7.55. The van der Waals surface area contributed by atoms with Gasteiger partial charge in [-0.25, -0.2) is 4.98 Å². The molecule has 0 radical (unpaired) electrons. The molecule has 4 aromatic heterocycles. The molecule has 0 aliphatic rings. The van der Waals surface area contributed by atoms with Crippen LogP contribution in [0.4, 0.5) is 0 Å². The monoisotopic (exact) mass is 318 g/mol. The van der Waals surface area contributed by atoms with Crippen LogP contribution in [0.15, 0.2) is 64.6 Å². The van der Waals surface area contributed by atoms with Crippen molar-refractivity contribution in [3.05, 3.63) is 87.0 Å². The van der Waals surface area contributed by atoms with E-state index < -0.39 is 0 Å². The molecule has 0 bridgehead atoms. The largest absolute Gasteiger partial charge is 0.309 e. The highest BCUT2D eigenvalue weighted by molar-refractivity contribution is 5.76. The van der Waals surface area contributed by atoms with Gasteiger partial charge in [0.05, 0.1) is 23.1 Å². The lowest BCUT2D eigenvalue weighted by atomic mass is 10.2. The van der Waals surface area contributed by atoms with Crippen LogP contribution < -0.4 is 11.1 Å². The Morgan fingerprint density at radius 3 is 2.88 bits per heavy atom. The van der Waals surface area contributed by atoms with E-state index in [1.165, 1.54) is 15.0 Å². The minimum atomic E-state index is -0.158. The van der Waals surface area contributed by atoms with Crippen LogP contribution in [0.1, 0.15) is 11.3 Å². The Hall–Kier alpha value is -3.28. The maximum absolute atomic E-state index is 12.5. The summed E-state index contributed by atoms with van der Waals surface area (Å²) in [5.74, 6) is 0. The van der Waals surface area contributed by atoms with Gasteiger partial charge in [0.15, 0.2) is 0 Å². The quantitative estimate of drug-likeness (QED) is 0.565. The van der Waals surface area contributed by atoms with Gasteiger partial charge in [-0.3, -0.25) is 19.0 Å². The Morgan fingerprint density at radius 1 is 1.12 bits per heavy atom. The van der Waals surface area contributed by atoms with Crippen molar-refractivity contribution in [3.8, 4) is 0 Å². The lowest BCUT2D eigenvalue weighted by Gasteiger charge is -2.08. The third kappa shape index (κ3) is 2.38. The van der Waals surface area contributed by atoms with E-state index in [0.717, 1.165) is 5.56 Å². The van der Waals surface area contributed by atoms with Crippen molar-refractivity contribution in [3.63, 3.8) is 0 Å². The number of aryl methyl sites for hydroxylation is 1. The molecule has 0 saturated heterocycles. The first-order valence-corrected chi connectivity index (χ1v) is 7.55. The fourth-order valence-corrected chi connectivity index (χ4v) is 2.75. The van der Waals surface area contributed by atoms with E-state index in [9.17, 15) is 9.59 Å². The van der Waals surface area contributed by atoms with Gasteiger partial charge in [0.2, 0.25) is 0 Å². The topological polar surface area (TPSA) is 69.3 Å². The zero-order chi connectivity index (χ0) is 16.7. The van der Waals surface area contributed by atoms with Crippen LogP contribution in [0.3, 0.4) is 0 Å². The molecule has 4 rings (SSSR count). The van der Waals surface area contributed by atoms with Crippen LogP contribution in [0.2, 0.25) is 0 Å². The van der Waals surface area contributed by atoms with Crippen LogP contribution in [0.5, 0.6) is 0 Å². The van der Waals surface area contributed by atoms with Crippen LogP contribution >= 0.6 is 0 Å². The van der Waals surface area contributed by atoms with Gasteiger partial charge in [0, 0.05) is 24.7 Å². The second kappa shape index (κ2) is 5.42. The molecule has 118 valence electrons. The molecule has 0 aliphatic heterocycles. The predicted octanol–water partition coefficient (Wildman–Crippen LogP) is 1.76. The van der Waals surface area contributed by atoms with Crippen LogP contribution in [0.25, 0.3) is 16.6 Å². The Kier molecular flexibility index (Phi) is 3.23. The summed E-state index contributed by atoms with van der Waals surface area (Å²) < 4.78 is 3.04. The Labute approximate surface area is 136 Å². The summed E-state index contributed by atoms with van der Waals surface area (Å²) in [7, 11) is 0. The predicted molar refractivity (Wildman–Crippen MR) is 91.3 cm³/mol. The molecule has 0 saturated carbocycles. The number of aromatic nitrogens is 4. The molecule has 0 amide bonds. The zero-order valence-electron chi connectivity index (χ0n) is 13.0. The molecule has 0 aliphatic carbocycles. The summed E-state index contributed by atoms with van der Waals surface area (Å²) in [6.07, 6.45) is 5.08. The number of pyridine rings is 3. The molecule has 0 spiro atoms. The van der Waals surface area contributed by atoms with E-state index in [1.54, 1.807) is 42.9 Å². The molecular weight excluding hydrogens is 304 g/mol. The molecule has 0 fully saturated rings. The van der Waals surface area contributed by atoms with E-state index in [2.05, 4.69) is 9.97 Å². The standard InChI is InChI=1S/C18H14N4O2/c1-12-4-5-16-20-13(9-17(23)22(16)10-12)11-21-8-6-15-14(18(21)24)3-2-7-19-15/h2-10H,11H2,1H3. The molecule has 6 nitrogen and oxygen atoms in total. The number of fused-ring (bicyclic) bond motifs is 2. The van der Waals surface area contributed by atoms with E-state index in [0.29, 0.717) is 22.2 Å². The van der Waals surface area contributed by atoms with Crippen molar-refractivity contribution in [1.29, 1.82) is 0 Å². The van der Waals surface area contributed by atoms with Gasteiger partial charge in [-0.15, -0.1) is 0 Å². The van der Waals surface area contributed by atoms with Gasteiger partial charge in [-0.05, 0) is 36.8 Å². The normalized spacial score (nSPS) is 11.2. The number of rotatable bonds is 2. The van der Waals surface area contributed by atoms with Gasteiger partial charge >= 0.3 is 0 Å². The fraction of sp³-hybridized carbons (Fsp3) is 0.111. The summed E-state index contributed by atoms with van der Waals surface area (Å²) in [5.41, 5.74) is 2.45. The second-order valence-corrected chi connectivity index (χ2v) is 5.71. The van der Waals surface area contributed by atoms with Gasteiger partial charge in [0.25, 0.3) is 11.1 Å².